The highest BCUT2D eigenvalue weighted by atomic mass is 35.5. The number of halogens is 1. The molecule has 9 heteroatoms. The number of carbonyl (C=O) groups is 1. The van der Waals surface area contributed by atoms with Crippen LogP contribution in [0.4, 0.5) is 4.79 Å². The molecule has 2 aliphatic heterocycles. The van der Waals surface area contributed by atoms with E-state index in [2.05, 4.69) is 16.4 Å². The van der Waals surface area contributed by atoms with Crippen molar-refractivity contribution in [3.63, 3.8) is 0 Å². The zero-order valence-electron chi connectivity index (χ0n) is 19.5. The zero-order valence-corrected chi connectivity index (χ0v) is 21.1. The average Bonchev–Trinajstić information content (AvgIpc) is 3.17. The third kappa shape index (κ3) is 4.51. The van der Waals surface area contributed by atoms with Gasteiger partial charge in [-0.15, -0.1) is 0 Å². The van der Waals surface area contributed by atoms with Gasteiger partial charge in [0.2, 0.25) is 0 Å². The van der Waals surface area contributed by atoms with Gasteiger partial charge in [0.25, 0.3) is 0 Å². The van der Waals surface area contributed by atoms with E-state index in [1.165, 1.54) is 11.8 Å². The van der Waals surface area contributed by atoms with Crippen LogP contribution < -0.4 is 15.8 Å². The molecule has 1 aromatic heterocycles. The van der Waals surface area contributed by atoms with Gasteiger partial charge in [-0.05, 0) is 63.8 Å². The molecule has 0 bridgehead atoms. The number of hydrogen-bond acceptors (Lipinski definition) is 7. The first-order valence-electron chi connectivity index (χ1n) is 11.5. The summed E-state index contributed by atoms with van der Waals surface area (Å²) in [5.41, 5.74) is 8.20. The number of aromatic nitrogens is 1. The van der Waals surface area contributed by atoms with E-state index in [0.717, 1.165) is 41.7 Å². The first-order chi connectivity index (χ1) is 16.1. The van der Waals surface area contributed by atoms with Crippen LogP contribution in [0.1, 0.15) is 45.6 Å². The molecule has 4 atom stereocenters. The number of amides is 1. The molecule has 2 unspecified atom stereocenters. The molecule has 180 valence electrons. The molecule has 0 radical (unpaired) electrons. The Hall–Kier alpha value is -2.29. The second-order valence-corrected chi connectivity index (χ2v) is 11.6. The summed E-state index contributed by atoms with van der Waals surface area (Å²) in [4.78, 5) is 21.8. The number of alkyl carbamates (subject to hydrolysis) is 1. The van der Waals surface area contributed by atoms with E-state index in [4.69, 9.17) is 31.8 Å². The molecular formula is C25H29ClN4O3S. The Bertz CT molecular complexity index is 1150. The smallest absolute Gasteiger partial charge is 0.413 e. The SMILES string of the molecule is CC(C)(C)OC(=O)NC1=NC2(CS1)c1cc(-c3cncc(Cl)c3)ccc1O[C@H]1CCC(N)C[C@@H]12. The monoisotopic (exact) mass is 500 g/mol. The van der Waals surface area contributed by atoms with Crippen LogP contribution in [-0.2, 0) is 10.3 Å². The van der Waals surface area contributed by atoms with E-state index in [-0.39, 0.29) is 18.1 Å². The van der Waals surface area contributed by atoms with Gasteiger partial charge in [0.15, 0.2) is 5.17 Å². The minimum Gasteiger partial charge on any atom is -0.490 e. The van der Waals surface area contributed by atoms with Crippen LogP contribution in [0.5, 0.6) is 5.75 Å². The van der Waals surface area contributed by atoms with Crippen molar-refractivity contribution in [2.24, 2.45) is 16.6 Å². The van der Waals surface area contributed by atoms with Crippen LogP contribution in [0.2, 0.25) is 5.02 Å². The molecule has 1 fully saturated rings. The molecule has 3 N–H and O–H groups in total. The Morgan fingerprint density at radius 3 is 2.85 bits per heavy atom. The lowest BCUT2D eigenvalue weighted by Gasteiger charge is -2.48. The summed E-state index contributed by atoms with van der Waals surface area (Å²) in [6, 6.07) is 8.16. The molecule has 1 aliphatic carbocycles. The number of carbonyl (C=O) groups excluding carboxylic acids is 1. The van der Waals surface area contributed by atoms with Crippen molar-refractivity contribution >= 4 is 34.6 Å². The van der Waals surface area contributed by atoms with Gasteiger partial charge in [0, 0.05) is 41.2 Å². The van der Waals surface area contributed by atoms with E-state index >= 15 is 0 Å². The molecule has 0 saturated heterocycles. The third-order valence-corrected chi connectivity index (χ3v) is 7.80. The lowest BCUT2D eigenvalue weighted by molar-refractivity contribution is 0.0205. The summed E-state index contributed by atoms with van der Waals surface area (Å²) in [5, 5.41) is 4.00. The summed E-state index contributed by atoms with van der Waals surface area (Å²) in [7, 11) is 0. The van der Waals surface area contributed by atoms with Crippen molar-refractivity contribution < 1.29 is 14.3 Å². The predicted molar refractivity (Wildman–Crippen MR) is 135 cm³/mol. The Morgan fingerprint density at radius 1 is 1.26 bits per heavy atom. The number of aliphatic imine (C=N–C) groups is 1. The predicted octanol–water partition coefficient (Wildman–Crippen LogP) is 5.11. The number of pyridine rings is 1. The number of thioether (sulfide) groups is 1. The first kappa shape index (κ1) is 23.5. The van der Waals surface area contributed by atoms with Gasteiger partial charge in [-0.2, -0.15) is 0 Å². The Kier molecular flexibility index (Phi) is 6.02. The summed E-state index contributed by atoms with van der Waals surface area (Å²) in [6.07, 6.45) is 5.59. The fourth-order valence-electron chi connectivity index (χ4n) is 5.11. The van der Waals surface area contributed by atoms with Crippen LogP contribution >= 0.6 is 23.4 Å². The standard InChI is InChI=1S/C25H29ClN4O3S/c1-24(2,3)33-23(31)29-22-30-25(13-34-22)18-9-14(15-8-16(26)12-28-11-15)4-6-20(18)32-21-7-5-17(27)10-19(21)25/h4,6,8-9,11-12,17,19,21H,5,7,10,13,27H2,1-3H3,(H,29,30,31)/t17?,19-,21-,25?/m0/s1. The number of hydrogen-bond donors (Lipinski definition) is 2. The zero-order chi connectivity index (χ0) is 24.1. The van der Waals surface area contributed by atoms with Gasteiger partial charge >= 0.3 is 6.09 Å². The van der Waals surface area contributed by atoms with E-state index < -0.39 is 17.2 Å². The van der Waals surface area contributed by atoms with Gasteiger partial charge in [-0.1, -0.05) is 29.4 Å². The molecule has 2 aromatic rings. The average molecular weight is 501 g/mol. The summed E-state index contributed by atoms with van der Waals surface area (Å²) in [6.45, 7) is 5.52. The van der Waals surface area contributed by atoms with Crippen molar-refractivity contribution in [1.82, 2.24) is 10.3 Å². The Labute approximate surface area is 208 Å². The molecule has 3 heterocycles. The minimum absolute atomic E-state index is 0.0382. The van der Waals surface area contributed by atoms with E-state index in [9.17, 15) is 4.79 Å². The molecule has 3 aliphatic rings. The van der Waals surface area contributed by atoms with Crippen molar-refractivity contribution in [3.05, 3.63) is 47.2 Å². The van der Waals surface area contributed by atoms with Gasteiger partial charge < -0.3 is 15.2 Å². The molecule has 5 rings (SSSR count). The van der Waals surface area contributed by atoms with Crippen molar-refractivity contribution in [1.29, 1.82) is 0 Å². The van der Waals surface area contributed by atoms with Crippen LogP contribution in [0.25, 0.3) is 11.1 Å². The topological polar surface area (TPSA) is 98.8 Å². The number of ether oxygens (including phenoxy) is 2. The maximum atomic E-state index is 12.4. The summed E-state index contributed by atoms with van der Waals surface area (Å²) < 4.78 is 11.9. The normalized spacial score (nSPS) is 27.9. The second-order valence-electron chi connectivity index (χ2n) is 10.2. The van der Waals surface area contributed by atoms with Gasteiger partial charge in [0.1, 0.15) is 23.0 Å². The van der Waals surface area contributed by atoms with Crippen LogP contribution in [0, 0.1) is 5.92 Å². The molecule has 1 amide bonds. The molecule has 34 heavy (non-hydrogen) atoms. The van der Waals surface area contributed by atoms with Gasteiger partial charge in [-0.3, -0.25) is 10.3 Å². The number of benzene rings is 1. The minimum atomic E-state index is -0.585. The maximum Gasteiger partial charge on any atom is 0.413 e. The number of fused-ring (bicyclic) bond motifs is 4. The highest BCUT2D eigenvalue weighted by molar-refractivity contribution is 8.14. The lowest BCUT2D eigenvalue weighted by Crippen LogP contribution is -2.52. The molecule has 7 nitrogen and oxygen atoms in total. The summed E-state index contributed by atoms with van der Waals surface area (Å²) >= 11 is 7.74. The van der Waals surface area contributed by atoms with Crippen LogP contribution in [0.15, 0.2) is 41.7 Å². The van der Waals surface area contributed by atoms with Crippen molar-refractivity contribution in [2.45, 2.75) is 63.3 Å². The van der Waals surface area contributed by atoms with Crippen molar-refractivity contribution in [3.8, 4) is 16.9 Å². The highest BCUT2D eigenvalue weighted by Crippen LogP contribution is 2.55. The van der Waals surface area contributed by atoms with Crippen molar-refractivity contribution in [2.75, 3.05) is 5.75 Å². The summed E-state index contributed by atoms with van der Waals surface area (Å²) in [5.74, 6) is 1.64. The first-order valence-corrected chi connectivity index (χ1v) is 12.9. The second kappa shape index (κ2) is 8.73. The highest BCUT2D eigenvalue weighted by Gasteiger charge is 2.54. The van der Waals surface area contributed by atoms with Crippen LogP contribution in [-0.4, -0.2) is 39.7 Å². The molecule has 1 spiro atoms. The molecule has 1 aromatic carbocycles. The third-order valence-electron chi connectivity index (χ3n) is 6.54. The van der Waals surface area contributed by atoms with E-state index in [0.29, 0.717) is 15.9 Å². The number of nitrogens with zero attached hydrogens (tertiary/aromatic N) is 2. The fraction of sp³-hybridized carbons (Fsp3) is 0.480. The number of nitrogens with two attached hydrogens (primary N) is 1. The number of amidine groups is 1. The lowest BCUT2D eigenvalue weighted by atomic mass is 9.67. The van der Waals surface area contributed by atoms with Crippen LogP contribution in [0.3, 0.4) is 0 Å². The van der Waals surface area contributed by atoms with Gasteiger partial charge in [-0.25, -0.2) is 9.79 Å². The fourth-order valence-corrected chi connectivity index (χ4v) is 6.46. The Morgan fingerprint density at radius 2 is 2.09 bits per heavy atom. The quantitative estimate of drug-likeness (QED) is 0.564. The largest absolute Gasteiger partial charge is 0.490 e. The van der Waals surface area contributed by atoms with Gasteiger partial charge in [0.05, 0.1) is 5.02 Å². The molecular weight excluding hydrogens is 472 g/mol. The van der Waals surface area contributed by atoms with E-state index in [1.54, 1.807) is 12.4 Å². The Balaban J connectivity index is 1.56. The molecule has 1 saturated carbocycles. The maximum absolute atomic E-state index is 12.4. The van der Waals surface area contributed by atoms with E-state index in [1.807, 2.05) is 39.0 Å². The number of nitrogens with one attached hydrogen (secondary N) is 1. The number of rotatable bonds is 1.